The predicted molar refractivity (Wildman–Crippen MR) is 118 cm³/mol. The maximum atomic E-state index is 11.4. The van der Waals surface area contributed by atoms with Crippen molar-refractivity contribution in [3.63, 3.8) is 0 Å². The van der Waals surface area contributed by atoms with E-state index in [0.29, 0.717) is 4.88 Å². The molecule has 3 rings (SSSR count). The molecule has 5 nitrogen and oxygen atoms in total. The second-order valence-electron chi connectivity index (χ2n) is 6.29. The number of nitrogens with two attached hydrogens (primary N) is 1. The molecule has 0 aliphatic rings. The van der Waals surface area contributed by atoms with Crippen LogP contribution in [0.1, 0.15) is 18.7 Å². The third kappa shape index (κ3) is 4.25. The molecule has 0 saturated carbocycles. The number of hydrogen-bond donors (Lipinski definition) is 1. The molecule has 0 spiro atoms. The minimum absolute atomic E-state index is 0.441. The first-order chi connectivity index (χ1) is 13.4. The summed E-state index contributed by atoms with van der Waals surface area (Å²) in [5.74, 6) is 0. The summed E-state index contributed by atoms with van der Waals surface area (Å²) in [5, 5.41) is 16.4. The monoisotopic (exact) mass is 411 g/mol. The topological polar surface area (TPSA) is 87.2 Å². The predicted octanol–water partition coefficient (Wildman–Crippen LogP) is 4.57. The molecular weight excluding hydrogens is 390 g/mol. The van der Waals surface area contributed by atoms with E-state index in [2.05, 4.69) is 55.1 Å². The van der Waals surface area contributed by atoms with E-state index in [1.54, 1.807) is 12.1 Å². The van der Waals surface area contributed by atoms with E-state index in [9.17, 15) is 8.42 Å². The average molecular weight is 412 g/mol. The van der Waals surface area contributed by atoms with Crippen molar-refractivity contribution in [3.8, 4) is 16.5 Å². The fourth-order valence-corrected chi connectivity index (χ4v) is 4.51. The van der Waals surface area contributed by atoms with Crippen LogP contribution in [0.2, 0.25) is 0 Å². The van der Waals surface area contributed by atoms with Gasteiger partial charge in [0.1, 0.15) is 6.07 Å². The van der Waals surface area contributed by atoms with E-state index in [4.69, 9.17) is 10.4 Å². The third-order valence-electron chi connectivity index (χ3n) is 4.55. The van der Waals surface area contributed by atoms with Gasteiger partial charge in [-0.2, -0.15) is 5.26 Å². The van der Waals surface area contributed by atoms with Gasteiger partial charge >= 0.3 is 0 Å². The Bertz CT molecular complexity index is 1180. The number of thiophene rings is 1. The van der Waals surface area contributed by atoms with Crippen LogP contribution < -0.4 is 10.0 Å². The van der Waals surface area contributed by atoms with Crippen LogP contribution in [0, 0.1) is 11.3 Å². The van der Waals surface area contributed by atoms with Crippen LogP contribution in [-0.2, 0) is 10.0 Å². The van der Waals surface area contributed by atoms with Gasteiger partial charge in [0.25, 0.3) is 0 Å². The minimum atomic E-state index is -4.01. The summed E-state index contributed by atoms with van der Waals surface area (Å²) in [6.07, 6.45) is 1.31. The number of nitriles is 1. The van der Waals surface area contributed by atoms with Crippen LogP contribution in [0.4, 0.5) is 5.69 Å². The van der Waals surface area contributed by atoms with Crippen LogP contribution in [0.3, 0.4) is 0 Å². The lowest BCUT2D eigenvalue weighted by Gasteiger charge is -2.21. The zero-order valence-electron chi connectivity index (χ0n) is 15.7. The molecule has 7 heteroatoms. The Labute approximate surface area is 169 Å². The molecular formula is C21H21N3O2S2. The molecule has 3 aromatic rings. The molecule has 2 N–H and O–H groups in total. The van der Waals surface area contributed by atoms with E-state index in [1.807, 2.05) is 6.07 Å². The minimum Gasteiger partial charge on any atom is -0.372 e. The highest BCUT2D eigenvalue weighted by Gasteiger charge is 2.12. The lowest BCUT2D eigenvalue weighted by atomic mass is 10.0. The smallest absolute Gasteiger partial charge is 0.248 e. The quantitative estimate of drug-likeness (QED) is 0.602. The Morgan fingerprint density at radius 2 is 1.79 bits per heavy atom. The highest BCUT2D eigenvalue weighted by Crippen LogP contribution is 2.32. The molecule has 144 valence electrons. The summed E-state index contributed by atoms with van der Waals surface area (Å²) in [6.45, 7) is 6.23. The van der Waals surface area contributed by atoms with Gasteiger partial charge in [0.05, 0.1) is 0 Å². The maximum absolute atomic E-state index is 11.4. The second kappa shape index (κ2) is 8.15. The first kappa shape index (κ1) is 20.1. The molecule has 0 radical (unpaired) electrons. The van der Waals surface area contributed by atoms with Crippen LogP contribution in [0.15, 0.2) is 53.4 Å². The van der Waals surface area contributed by atoms with Crippen LogP contribution in [0.25, 0.3) is 27.3 Å². The van der Waals surface area contributed by atoms with Gasteiger partial charge in [0, 0.05) is 28.5 Å². The van der Waals surface area contributed by atoms with Crippen molar-refractivity contribution in [1.82, 2.24) is 0 Å². The average Bonchev–Trinajstić information content (AvgIpc) is 3.14. The number of fused-ring (bicyclic) bond motifs is 1. The molecule has 0 aliphatic carbocycles. The van der Waals surface area contributed by atoms with Gasteiger partial charge < -0.3 is 4.90 Å². The van der Waals surface area contributed by atoms with Gasteiger partial charge in [-0.05, 0) is 66.6 Å². The van der Waals surface area contributed by atoms with Gasteiger partial charge in [-0.3, -0.25) is 0 Å². The number of primary sulfonamides is 1. The van der Waals surface area contributed by atoms with Crippen LogP contribution in [0.5, 0.6) is 0 Å². The third-order valence-corrected chi connectivity index (χ3v) is 6.46. The Hall–Kier alpha value is -2.66. The van der Waals surface area contributed by atoms with Gasteiger partial charge in [-0.15, -0.1) is 11.3 Å². The van der Waals surface area contributed by atoms with E-state index >= 15 is 0 Å². The van der Waals surface area contributed by atoms with Gasteiger partial charge in [0.15, 0.2) is 4.91 Å². The molecule has 1 heterocycles. The SMILES string of the molecule is CCN(CC)c1ccc2cc(-c3ccc(C=C(C#N)S(N)(=O)=O)s3)ccc2c1. The number of rotatable bonds is 6. The molecule has 0 aliphatic heterocycles. The maximum Gasteiger partial charge on any atom is 0.248 e. The first-order valence-electron chi connectivity index (χ1n) is 8.89. The molecule has 0 unspecified atom stereocenters. The summed E-state index contributed by atoms with van der Waals surface area (Å²) in [4.78, 5) is 3.53. The number of nitrogens with zero attached hydrogens (tertiary/aromatic N) is 2. The van der Waals surface area contributed by atoms with Crippen molar-refractivity contribution in [2.24, 2.45) is 5.14 Å². The van der Waals surface area contributed by atoms with Crippen molar-refractivity contribution >= 4 is 43.9 Å². The molecule has 0 atom stereocenters. The van der Waals surface area contributed by atoms with Crippen LogP contribution in [-0.4, -0.2) is 21.5 Å². The summed E-state index contributed by atoms with van der Waals surface area (Å²) in [5.41, 5.74) is 2.25. The van der Waals surface area contributed by atoms with E-state index in [-0.39, 0.29) is 0 Å². The highest BCUT2D eigenvalue weighted by molar-refractivity contribution is 7.93. The number of anilines is 1. The summed E-state index contributed by atoms with van der Waals surface area (Å²) >= 11 is 1.41. The lowest BCUT2D eigenvalue weighted by Crippen LogP contribution is -2.21. The highest BCUT2D eigenvalue weighted by atomic mass is 32.2. The zero-order valence-corrected chi connectivity index (χ0v) is 17.3. The summed E-state index contributed by atoms with van der Waals surface area (Å²) in [7, 11) is -4.01. The second-order valence-corrected chi connectivity index (χ2v) is 8.93. The number of sulfonamides is 1. The number of benzene rings is 2. The summed E-state index contributed by atoms with van der Waals surface area (Å²) < 4.78 is 22.8. The van der Waals surface area contributed by atoms with Gasteiger partial charge in [-0.25, -0.2) is 13.6 Å². The van der Waals surface area contributed by atoms with Crippen molar-refractivity contribution < 1.29 is 8.42 Å². The molecule has 0 bridgehead atoms. The van der Waals surface area contributed by atoms with Crippen molar-refractivity contribution in [2.45, 2.75) is 13.8 Å². The Kier molecular flexibility index (Phi) is 5.84. The standard InChI is InChI=1S/C21H21N3O2S2/c1-3-24(4-2)18-8-7-15-11-17(6-5-16(15)12-18)21-10-9-19(27-21)13-20(14-22)28(23,25)26/h5-13H,3-4H2,1-2H3,(H2,23,25,26). The lowest BCUT2D eigenvalue weighted by molar-refractivity contribution is 0.605. The largest absolute Gasteiger partial charge is 0.372 e. The van der Waals surface area contributed by atoms with E-state index < -0.39 is 14.9 Å². The molecule has 1 aromatic heterocycles. The summed E-state index contributed by atoms with van der Waals surface area (Å²) in [6, 6.07) is 18.1. The number of hydrogen-bond acceptors (Lipinski definition) is 5. The van der Waals surface area contributed by atoms with Gasteiger partial charge in [0.2, 0.25) is 10.0 Å². The van der Waals surface area contributed by atoms with Crippen molar-refractivity contribution in [3.05, 3.63) is 58.3 Å². The molecule has 2 aromatic carbocycles. The number of allylic oxidation sites excluding steroid dienone is 1. The van der Waals surface area contributed by atoms with Gasteiger partial charge in [-0.1, -0.05) is 18.2 Å². The normalized spacial score (nSPS) is 12.1. The van der Waals surface area contributed by atoms with E-state index in [1.165, 1.54) is 28.5 Å². The van der Waals surface area contributed by atoms with E-state index in [0.717, 1.165) is 28.9 Å². The Morgan fingerprint density at radius 1 is 1.11 bits per heavy atom. The van der Waals surface area contributed by atoms with Crippen molar-refractivity contribution in [2.75, 3.05) is 18.0 Å². The van der Waals surface area contributed by atoms with Crippen LogP contribution >= 0.6 is 11.3 Å². The molecule has 0 saturated heterocycles. The Balaban J connectivity index is 1.95. The molecule has 0 fully saturated rings. The fraction of sp³-hybridized carbons (Fsp3) is 0.190. The van der Waals surface area contributed by atoms with Crippen molar-refractivity contribution in [1.29, 1.82) is 5.26 Å². The zero-order chi connectivity index (χ0) is 20.3. The molecule has 0 amide bonds. The molecule has 28 heavy (non-hydrogen) atoms. The first-order valence-corrected chi connectivity index (χ1v) is 11.3. The fourth-order valence-electron chi connectivity index (χ4n) is 3.06. The Morgan fingerprint density at radius 3 is 2.43 bits per heavy atom.